The van der Waals surface area contributed by atoms with Crippen LogP contribution in [0.3, 0.4) is 0 Å². The van der Waals surface area contributed by atoms with Crippen molar-refractivity contribution in [1.82, 2.24) is 19.4 Å². The number of pyridine rings is 1. The molecular weight excluding hydrogens is 288 g/mol. The number of rotatable bonds is 5. The van der Waals surface area contributed by atoms with Gasteiger partial charge in [-0.25, -0.2) is 4.98 Å². The zero-order chi connectivity index (χ0) is 16.2. The van der Waals surface area contributed by atoms with Crippen molar-refractivity contribution in [2.24, 2.45) is 0 Å². The maximum atomic E-state index is 9.50. The Balaban J connectivity index is 1.63. The molecular formula is C18H26N4O. The van der Waals surface area contributed by atoms with Crippen LogP contribution in [0.5, 0.6) is 0 Å². The third-order valence-electron chi connectivity index (χ3n) is 4.78. The summed E-state index contributed by atoms with van der Waals surface area (Å²) in [5.74, 6) is 1.62. The number of imidazole rings is 1. The lowest BCUT2D eigenvalue weighted by molar-refractivity contribution is 0.192. The highest BCUT2D eigenvalue weighted by Crippen LogP contribution is 2.30. The maximum Gasteiger partial charge on any atom is 0.112 e. The van der Waals surface area contributed by atoms with Gasteiger partial charge >= 0.3 is 0 Å². The number of piperidine rings is 1. The number of aromatic nitrogens is 3. The average molecular weight is 314 g/mol. The number of hydrogen-bond donors (Lipinski definition) is 1. The van der Waals surface area contributed by atoms with Crippen molar-refractivity contribution in [1.29, 1.82) is 0 Å². The second-order valence-electron chi connectivity index (χ2n) is 6.53. The average Bonchev–Trinajstić information content (AvgIpc) is 2.97. The summed E-state index contributed by atoms with van der Waals surface area (Å²) in [6.45, 7) is 7.34. The summed E-state index contributed by atoms with van der Waals surface area (Å²) in [6, 6.07) is 6.19. The number of nitrogens with zero attached hydrogens (tertiary/aromatic N) is 4. The van der Waals surface area contributed by atoms with E-state index < -0.39 is 0 Å². The monoisotopic (exact) mass is 314 g/mol. The van der Waals surface area contributed by atoms with E-state index in [9.17, 15) is 5.11 Å². The highest BCUT2D eigenvalue weighted by atomic mass is 16.3. The molecule has 1 N–H and O–H groups in total. The van der Waals surface area contributed by atoms with Crippen molar-refractivity contribution < 1.29 is 5.11 Å². The molecule has 5 nitrogen and oxygen atoms in total. The largest absolute Gasteiger partial charge is 0.394 e. The molecule has 1 aliphatic rings. The Morgan fingerprint density at radius 2 is 2.04 bits per heavy atom. The molecule has 1 atom stereocenters. The molecule has 0 saturated carbocycles. The SMILES string of the molecule is Cc1cnc(C2CCN(Cc3ccccn3)CC2)n1[C@H](C)CO. The number of aliphatic hydroxyl groups is 1. The molecule has 2 aromatic rings. The minimum absolute atomic E-state index is 0.0963. The van der Waals surface area contributed by atoms with Crippen LogP contribution in [0.15, 0.2) is 30.6 Å². The van der Waals surface area contributed by atoms with E-state index in [2.05, 4.69) is 32.4 Å². The van der Waals surface area contributed by atoms with Gasteiger partial charge in [0.2, 0.25) is 0 Å². The first-order chi connectivity index (χ1) is 11.2. The zero-order valence-electron chi connectivity index (χ0n) is 14.0. The van der Waals surface area contributed by atoms with E-state index in [0.717, 1.165) is 49.7 Å². The van der Waals surface area contributed by atoms with E-state index in [1.807, 2.05) is 31.5 Å². The molecule has 3 heterocycles. The molecule has 0 radical (unpaired) electrons. The van der Waals surface area contributed by atoms with Crippen molar-refractivity contribution >= 4 is 0 Å². The third-order valence-corrected chi connectivity index (χ3v) is 4.78. The van der Waals surface area contributed by atoms with Crippen LogP contribution in [-0.4, -0.2) is 44.2 Å². The fraction of sp³-hybridized carbons (Fsp3) is 0.556. The molecule has 0 amide bonds. The second kappa shape index (κ2) is 7.23. The van der Waals surface area contributed by atoms with Gasteiger partial charge in [-0.2, -0.15) is 0 Å². The Kier molecular flexibility index (Phi) is 5.08. The summed E-state index contributed by atoms with van der Waals surface area (Å²) in [7, 11) is 0. The minimum atomic E-state index is 0.0963. The first-order valence-corrected chi connectivity index (χ1v) is 8.46. The molecule has 3 rings (SSSR count). The summed E-state index contributed by atoms with van der Waals surface area (Å²) < 4.78 is 2.21. The first kappa shape index (κ1) is 16.1. The topological polar surface area (TPSA) is 54.2 Å². The van der Waals surface area contributed by atoms with Crippen LogP contribution in [0, 0.1) is 6.92 Å². The van der Waals surface area contributed by atoms with Crippen LogP contribution in [0.2, 0.25) is 0 Å². The second-order valence-corrected chi connectivity index (χ2v) is 6.53. The van der Waals surface area contributed by atoms with E-state index in [1.54, 1.807) is 0 Å². The maximum absolute atomic E-state index is 9.50. The van der Waals surface area contributed by atoms with E-state index in [0.29, 0.717) is 5.92 Å². The Morgan fingerprint density at radius 1 is 1.26 bits per heavy atom. The highest BCUT2D eigenvalue weighted by molar-refractivity contribution is 5.11. The molecule has 0 aromatic carbocycles. The summed E-state index contributed by atoms with van der Waals surface area (Å²) in [5.41, 5.74) is 2.27. The van der Waals surface area contributed by atoms with Gasteiger partial charge in [-0.15, -0.1) is 0 Å². The molecule has 1 fully saturated rings. The molecule has 0 aliphatic carbocycles. The van der Waals surface area contributed by atoms with Gasteiger partial charge in [0.05, 0.1) is 18.3 Å². The number of aliphatic hydroxyl groups excluding tert-OH is 1. The lowest BCUT2D eigenvalue weighted by Crippen LogP contribution is -2.33. The zero-order valence-corrected chi connectivity index (χ0v) is 14.0. The molecule has 1 saturated heterocycles. The standard InChI is InChI=1S/C18H26N4O/c1-14-11-20-18(22(14)15(2)13-23)16-6-9-21(10-7-16)12-17-5-3-4-8-19-17/h3-5,8,11,15-16,23H,6-7,9-10,12-13H2,1-2H3/t15-/m1/s1. The molecule has 124 valence electrons. The van der Waals surface area contributed by atoms with Gasteiger partial charge in [-0.3, -0.25) is 9.88 Å². The Morgan fingerprint density at radius 3 is 2.70 bits per heavy atom. The van der Waals surface area contributed by atoms with E-state index >= 15 is 0 Å². The predicted molar refractivity (Wildman–Crippen MR) is 90.2 cm³/mol. The van der Waals surface area contributed by atoms with Crippen molar-refractivity contribution in [3.05, 3.63) is 47.8 Å². The molecule has 2 aromatic heterocycles. The van der Waals surface area contributed by atoms with Gasteiger partial charge in [0, 0.05) is 30.6 Å². The molecule has 0 bridgehead atoms. The molecule has 1 aliphatic heterocycles. The van der Waals surface area contributed by atoms with Gasteiger partial charge in [-0.1, -0.05) is 6.07 Å². The van der Waals surface area contributed by atoms with E-state index in [-0.39, 0.29) is 12.6 Å². The van der Waals surface area contributed by atoms with Crippen molar-refractivity contribution in [3.8, 4) is 0 Å². The van der Waals surface area contributed by atoms with Gasteiger partial charge in [0.1, 0.15) is 5.82 Å². The molecule has 0 spiro atoms. The third kappa shape index (κ3) is 3.62. The molecule has 23 heavy (non-hydrogen) atoms. The quantitative estimate of drug-likeness (QED) is 0.921. The van der Waals surface area contributed by atoms with Crippen molar-refractivity contribution in [3.63, 3.8) is 0 Å². The lowest BCUT2D eigenvalue weighted by atomic mass is 9.95. The van der Waals surface area contributed by atoms with Crippen LogP contribution >= 0.6 is 0 Å². The van der Waals surface area contributed by atoms with Crippen LogP contribution in [0.25, 0.3) is 0 Å². The molecule has 5 heteroatoms. The summed E-state index contributed by atoms with van der Waals surface area (Å²) in [6.07, 6.45) is 6.02. The van der Waals surface area contributed by atoms with Crippen LogP contribution in [-0.2, 0) is 6.54 Å². The Hall–Kier alpha value is -1.72. The Labute approximate surface area is 138 Å². The summed E-state index contributed by atoms with van der Waals surface area (Å²) >= 11 is 0. The van der Waals surface area contributed by atoms with Gasteiger partial charge in [0.25, 0.3) is 0 Å². The predicted octanol–water partition coefficient (Wildman–Crippen LogP) is 2.52. The van der Waals surface area contributed by atoms with Crippen LogP contribution < -0.4 is 0 Å². The smallest absolute Gasteiger partial charge is 0.112 e. The normalized spacial score (nSPS) is 18.2. The summed E-state index contributed by atoms with van der Waals surface area (Å²) in [5, 5.41) is 9.50. The minimum Gasteiger partial charge on any atom is -0.394 e. The Bertz CT molecular complexity index is 617. The fourth-order valence-electron chi connectivity index (χ4n) is 3.49. The van der Waals surface area contributed by atoms with Gasteiger partial charge in [-0.05, 0) is 51.9 Å². The highest BCUT2D eigenvalue weighted by Gasteiger charge is 2.26. The first-order valence-electron chi connectivity index (χ1n) is 8.46. The number of hydrogen-bond acceptors (Lipinski definition) is 4. The number of aryl methyl sites for hydroxylation is 1. The fourth-order valence-corrected chi connectivity index (χ4v) is 3.49. The lowest BCUT2D eigenvalue weighted by Gasteiger charge is -2.32. The summed E-state index contributed by atoms with van der Waals surface area (Å²) in [4.78, 5) is 11.5. The van der Waals surface area contributed by atoms with Gasteiger partial charge in [0.15, 0.2) is 0 Å². The van der Waals surface area contributed by atoms with E-state index in [4.69, 9.17) is 0 Å². The number of likely N-dealkylation sites (tertiary alicyclic amines) is 1. The van der Waals surface area contributed by atoms with Crippen LogP contribution in [0.4, 0.5) is 0 Å². The van der Waals surface area contributed by atoms with Crippen molar-refractivity contribution in [2.75, 3.05) is 19.7 Å². The van der Waals surface area contributed by atoms with Crippen LogP contribution in [0.1, 0.15) is 48.9 Å². The van der Waals surface area contributed by atoms with Crippen molar-refractivity contribution in [2.45, 2.75) is 45.2 Å². The molecule has 0 unspecified atom stereocenters. The van der Waals surface area contributed by atoms with E-state index in [1.165, 1.54) is 0 Å². The van der Waals surface area contributed by atoms with Gasteiger partial charge < -0.3 is 9.67 Å².